The van der Waals surface area contributed by atoms with Crippen LogP contribution in [-0.2, 0) is 4.79 Å². The number of hydrogen-bond acceptors (Lipinski definition) is 4. The minimum absolute atomic E-state index is 0.254. The summed E-state index contributed by atoms with van der Waals surface area (Å²) in [5, 5.41) is 8.40. The highest BCUT2D eigenvalue weighted by molar-refractivity contribution is 6.04. The molecular weight excluding hydrogens is 328 g/mol. The first-order valence-corrected chi connectivity index (χ1v) is 8.06. The predicted octanol–water partition coefficient (Wildman–Crippen LogP) is 3.61. The van der Waals surface area contributed by atoms with Gasteiger partial charge in [-0.1, -0.05) is 30.3 Å². The monoisotopic (exact) mass is 346 g/mol. The summed E-state index contributed by atoms with van der Waals surface area (Å²) in [6.07, 6.45) is 2.16. The minimum Gasteiger partial charge on any atom is -0.386 e. The highest BCUT2D eigenvalue weighted by Crippen LogP contribution is 2.25. The first-order valence-electron chi connectivity index (χ1n) is 8.06. The van der Waals surface area contributed by atoms with Gasteiger partial charge in [-0.25, -0.2) is 0 Å². The smallest absolute Gasteiger partial charge is 0.257 e. The second-order valence-electron chi connectivity index (χ2n) is 5.52. The van der Waals surface area contributed by atoms with Gasteiger partial charge in [-0.3, -0.25) is 14.6 Å². The van der Waals surface area contributed by atoms with Gasteiger partial charge in [0.2, 0.25) is 6.41 Å². The van der Waals surface area contributed by atoms with Crippen LogP contribution < -0.4 is 16.0 Å². The van der Waals surface area contributed by atoms with E-state index < -0.39 is 0 Å². The van der Waals surface area contributed by atoms with Gasteiger partial charge in [-0.15, -0.1) is 0 Å². The lowest BCUT2D eigenvalue weighted by molar-refractivity contribution is -0.105. The van der Waals surface area contributed by atoms with Crippen molar-refractivity contribution in [3.63, 3.8) is 0 Å². The molecule has 0 spiro atoms. The first-order chi connectivity index (χ1) is 12.7. The maximum absolute atomic E-state index is 12.4. The molecule has 0 unspecified atom stereocenters. The van der Waals surface area contributed by atoms with E-state index in [4.69, 9.17) is 0 Å². The molecule has 3 aromatic rings. The van der Waals surface area contributed by atoms with Gasteiger partial charge in [0.25, 0.3) is 5.91 Å². The summed E-state index contributed by atoms with van der Waals surface area (Å²) in [6.45, 7) is 0. The zero-order chi connectivity index (χ0) is 18.4. The van der Waals surface area contributed by atoms with Crippen LogP contribution in [0.3, 0.4) is 0 Å². The molecule has 0 aliphatic carbocycles. The molecule has 0 bridgehead atoms. The molecule has 0 fully saturated rings. The van der Waals surface area contributed by atoms with Crippen molar-refractivity contribution in [1.29, 1.82) is 0 Å². The van der Waals surface area contributed by atoms with Crippen molar-refractivity contribution in [1.82, 2.24) is 4.98 Å². The van der Waals surface area contributed by atoms with E-state index in [1.807, 2.05) is 36.4 Å². The van der Waals surface area contributed by atoms with Crippen LogP contribution in [0.4, 0.5) is 17.1 Å². The first kappa shape index (κ1) is 17.2. The van der Waals surface area contributed by atoms with Gasteiger partial charge in [0, 0.05) is 24.5 Å². The number of carbonyl (C=O) groups is 2. The molecule has 130 valence electrons. The van der Waals surface area contributed by atoms with E-state index in [1.165, 1.54) is 0 Å². The summed E-state index contributed by atoms with van der Waals surface area (Å²) in [7, 11) is 1.74. The zero-order valence-corrected chi connectivity index (χ0v) is 14.2. The molecule has 3 rings (SSSR count). The number of anilines is 3. The van der Waals surface area contributed by atoms with E-state index in [0.717, 1.165) is 11.3 Å². The number of aromatic nitrogens is 1. The minimum atomic E-state index is -0.254. The van der Waals surface area contributed by atoms with Crippen LogP contribution in [0.1, 0.15) is 10.4 Å². The van der Waals surface area contributed by atoms with Crippen LogP contribution in [0.15, 0.2) is 66.9 Å². The summed E-state index contributed by atoms with van der Waals surface area (Å²) in [5.74, 6) is -0.254. The number of amides is 2. The van der Waals surface area contributed by atoms with Crippen molar-refractivity contribution < 1.29 is 9.59 Å². The molecule has 2 aromatic carbocycles. The normalized spacial score (nSPS) is 10.0. The lowest BCUT2D eigenvalue weighted by atomic mass is 10.1. The Balaban J connectivity index is 1.75. The van der Waals surface area contributed by atoms with Crippen LogP contribution in [0, 0.1) is 0 Å². The summed E-state index contributed by atoms with van der Waals surface area (Å²) in [5.41, 5.74) is 4.22. The predicted molar refractivity (Wildman–Crippen MR) is 103 cm³/mol. The Hall–Kier alpha value is -3.67. The number of benzene rings is 2. The molecule has 0 atom stereocenters. The lowest BCUT2D eigenvalue weighted by Gasteiger charge is -2.11. The van der Waals surface area contributed by atoms with Gasteiger partial charge in [0.05, 0.1) is 22.6 Å². The van der Waals surface area contributed by atoms with Crippen LogP contribution in [-0.4, -0.2) is 24.3 Å². The molecule has 1 heterocycles. The molecule has 6 nitrogen and oxygen atoms in total. The quantitative estimate of drug-likeness (QED) is 0.596. The second-order valence-corrected chi connectivity index (χ2v) is 5.52. The highest BCUT2D eigenvalue weighted by atomic mass is 16.1. The molecule has 0 radical (unpaired) electrons. The Morgan fingerprint density at radius 3 is 2.46 bits per heavy atom. The van der Waals surface area contributed by atoms with Gasteiger partial charge in [-0.2, -0.15) is 0 Å². The number of hydrogen-bond donors (Lipinski definition) is 3. The van der Waals surface area contributed by atoms with Crippen molar-refractivity contribution in [2.45, 2.75) is 0 Å². The van der Waals surface area contributed by atoms with Crippen molar-refractivity contribution in [3.05, 3.63) is 72.4 Å². The van der Waals surface area contributed by atoms with Crippen molar-refractivity contribution in [2.24, 2.45) is 0 Å². The van der Waals surface area contributed by atoms with Crippen molar-refractivity contribution >= 4 is 29.4 Å². The van der Waals surface area contributed by atoms with E-state index in [9.17, 15) is 9.59 Å². The van der Waals surface area contributed by atoms with E-state index >= 15 is 0 Å². The van der Waals surface area contributed by atoms with Gasteiger partial charge in [0.15, 0.2) is 0 Å². The summed E-state index contributed by atoms with van der Waals surface area (Å²) in [4.78, 5) is 27.4. The average molecular weight is 346 g/mol. The third-order valence-corrected chi connectivity index (χ3v) is 3.86. The van der Waals surface area contributed by atoms with Crippen LogP contribution >= 0.6 is 0 Å². The Bertz CT molecular complexity index is 909. The van der Waals surface area contributed by atoms with Crippen molar-refractivity contribution in [2.75, 3.05) is 23.0 Å². The van der Waals surface area contributed by atoms with Crippen LogP contribution in [0.25, 0.3) is 11.3 Å². The second kappa shape index (κ2) is 7.94. The van der Waals surface area contributed by atoms with Crippen LogP contribution in [0.5, 0.6) is 0 Å². The molecule has 26 heavy (non-hydrogen) atoms. The number of pyridine rings is 1. The third-order valence-electron chi connectivity index (χ3n) is 3.86. The largest absolute Gasteiger partial charge is 0.386 e. The molecular formula is C20H18N4O2. The average Bonchev–Trinajstić information content (AvgIpc) is 2.70. The Morgan fingerprint density at radius 1 is 1.00 bits per heavy atom. The zero-order valence-electron chi connectivity index (χ0n) is 14.2. The molecule has 3 N–H and O–H groups in total. The van der Waals surface area contributed by atoms with Gasteiger partial charge in [0.1, 0.15) is 0 Å². The number of rotatable bonds is 6. The summed E-state index contributed by atoms with van der Waals surface area (Å²) in [6, 6.07) is 18.5. The highest BCUT2D eigenvalue weighted by Gasteiger charge is 2.09. The molecule has 6 heteroatoms. The fourth-order valence-electron chi connectivity index (χ4n) is 2.53. The molecule has 0 aliphatic rings. The Morgan fingerprint density at radius 2 is 1.81 bits per heavy atom. The number of nitrogens with one attached hydrogen (secondary N) is 3. The fourth-order valence-corrected chi connectivity index (χ4v) is 2.53. The fraction of sp³-hybridized carbons (Fsp3) is 0.0500. The maximum atomic E-state index is 12.4. The number of carbonyl (C=O) groups excluding carboxylic acids is 2. The molecule has 1 aromatic heterocycles. The van der Waals surface area contributed by atoms with Crippen LogP contribution in [0.2, 0.25) is 0 Å². The van der Waals surface area contributed by atoms with Gasteiger partial charge < -0.3 is 16.0 Å². The summed E-state index contributed by atoms with van der Waals surface area (Å²) < 4.78 is 0. The molecule has 0 aliphatic heterocycles. The van der Waals surface area contributed by atoms with E-state index in [2.05, 4.69) is 20.9 Å². The lowest BCUT2D eigenvalue weighted by Crippen LogP contribution is -2.12. The topological polar surface area (TPSA) is 83.1 Å². The van der Waals surface area contributed by atoms with E-state index in [1.54, 1.807) is 37.5 Å². The SMILES string of the molecule is CNc1cc(NC(=O)c2ccc(-c3ccccc3)nc2)ccc1NC=O. The van der Waals surface area contributed by atoms with Gasteiger partial charge >= 0.3 is 0 Å². The summed E-state index contributed by atoms with van der Waals surface area (Å²) >= 11 is 0. The number of nitrogens with zero attached hydrogens (tertiary/aromatic N) is 1. The molecule has 2 amide bonds. The van der Waals surface area contributed by atoms with Crippen molar-refractivity contribution in [3.8, 4) is 11.3 Å². The molecule has 0 saturated heterocycles. The van der Waals surface area contributed by atoms with Gasteiger partial charge in [-0.05, 0) is 30.3 Å². The standard InChI is InChI=1S/C20H18N4O2/c1-21-19-11-16(8-10-18(19)23-13-25)24-20(26)15-7-9-17(22-12-15)14-5-3-2-4-6-14/h2-13,21H,1H3,(H,23,25)(H,24,26). The van der Waals surface area contributed by atoms with E-state index in [-0.39, 0.29) is 5.91 Å². The maximum Gasteiger partial charge on any atom is 0.257 e. The van der Waals surface area contributed by atoms with E-state index in [0.29, 0.717) is 29.0 Å². The Labute approximate surface area is 151 Å². The third kappa shape index (κ3) is 3.87. The molecule has 0 saturated carbocycles. The Kier molecular flexibility index (Phi) is 5.24.